The van der Waals surface area contributed by atoms with E-state index in [-0.39, 0.29) is 5.91 Å². The number of nitrogens with zero attached hydrogens (tertiary/aromatic N) is 1. The quantitative estimate of drug-likeness (QED) is 0.435. The average molecular weight is 422 g/mol. The van der Waals surface area contributed by atoms with Crippen LogP contribution in [-0.4, -0.2) is 47.4 Å². The first-order chi connectivity index (χ1) is 14.9. The number of benzene rings is 1. The minimum atomic E-state index is -0.693. The van der Waals surface area contributed by atoms with Crippen molar-refractivity contribution in [3.63, 3.8) is 0 Å². The molecule has 2 aliphatic heterocycles. The predicted molar refractivity (Wildman–Crippen MR) is 119 cm³/mol. The van der Waals surface area contributed by atoms with Crippen molar-refractivity contribution in [3.05, 3.63) is 46.8 Å². The van der Waals surface area contributed by atoms with Crippen LogP contribution in [0, 0.1) is 0 Å². The smallest absolute Gasteiger partial charge is 0.316 e. The number of likely N-dealkylation sites (tertiary alicyclic amines) is 1. The van der Waals surface area contributed by atoms with Crippen molar-refractivity contribution < 1.29 is 14.4 Å². The van der Waals surface area contributed by atoms with E-state index in [1.807, 2.05) is 0 Å². The van der Waals surface area contributed by atoms with Gasteiger partial charge in [-0.3, -0.25) is 9.59 Å². The summed E-state index contributed by atoms with van der Waals surface area (Å²) >= 11 is 0. The van der Waals surface area contributed by atoms with Crippen LogP contribution in [0.2, 0.25) is 0 Å². The van der Waals surface area contributed by atoms with Crippen molar-refractivity contribution in [3.8, 4) is 0 Å². The molecular weight excluding hydrogens is 396 g/mol. The van der Waals surface area contributed by atoms with Crippen LogP contribution >= 0.6 is 0 Å². The third kappa shape index (κ3) is 4.46. The van der Waals surface area contributed by atoms with Gasteiger partial charge in [0.2, 0.25) is 0 Å². The molecule has 4 amide bonds. The molecule has 4 rings (SSSR count). The molecule has 0 unspecified atom stereocenters. The van der Waals surface area contributed by atoms with Gasteiger partial charge in [0.1, 0.15) is 0 Å². The van der Waals surface area contributed by atoms with Crippen LogP contribution < -0.4 is 22.1 Å². The Morgan fingerprint density at radius 1 is 1.19 bits per heavy atom. The number of fused-ring (bicyclic) bond motifs is 1. The molecule has 2 aromatic rings. The first-order valence-corrected chi connectivity index (χ1v) is 10.4. The first-order valence-electron chi connectivity index (χ1n) is 10.4. The number of urea groups is 1. The molecule has 9 heteroatoms. The van der Waals surface area contributed by atoms with E-state index in [4.69, 9.17) is 11.5 Å². The molecule has 0 saturated carbocycles. The van der Waals surface area contributed by atoms with E-state index in [2.05, 4.69) is 20.5 Å². The summed E-state index contributed by atoms with van der Waals surface area (Å²) in [5.74, 6) is -0.834. The lowest BCUT2D eigenvalue weighted by atomic mass is 10.0. The van der Waals surface area contributed by atoms with Gasteiger partial charge in [-0.15, -0.1) is 0 Å². The van der Waals surface area contributed by atoms with Crippen molar-refractivity contribution in [1.82, 2.24) is 9.88 Å². The van der Waals surface area contributed by atoms with Gasteiger partial charge in [-0.2, -0.15) is 0 Å². The lowest BCUT2D eigenvalue weighted by Crippen LogP contribution is -2.21. The maximum atomic E-state index is 12.5. The summed E-state index contributed by atoms with van der Waals surface area (Å²) in [6.07, 6.45) is 7.56. The Kier molecular flexibility index (Phi) is 5.77. The molecular formula is C22H26N6O3. The summed E-state index contributed by atoms with van der Waals surface area (Å²) < 4.78 is 0. The summed E-state index contributed by atoms with van der Waals surface area (Å²) in [6, 6.07) is 4.30. The van der Waals surface area contributed by atoms with Gasteiger partial charge in [-0.05, 0) is 75.2 Å². The van der Waals surface area contributed by atoms with Crippen LogP contribution in [0.3, 0.4) is 0 Å². The van der Waals surface area contributed by atoms with Crippen LogP contribution in [0.25, 0.3) is 11.6 Å². The number of aromatic nitrogens is 1. The summed E-state index contributed by atoms with van der Waals surface area (Å²) in [6.45, 7) is 3.26. The number of carbonyl (C=O) groups excluding carboxylic acids is 3. The van der Waals surface area contributed by atoms with Gasteiger partial charge in [-0.1, -0.05) is 0 Å². The Morgan fingerprint density at radius 2 is 1.97 bits per heavy atom. The van der Waals surface area contributed by atoms with Crippen molar-refractivity contribution in [2.75, 3.05) is 30.3 Å². The van der Waals surface area contributed by atoms with E-state index in [1.54, 1.807) is 30.5 Å². The summed E-state index contributed by atoms with van der Waals surface area (Å²) in [5.41, 5.74) is 14.7. The first kappa shape index (κ1) is 20.7. The number of hydrogen-bond donors (Lipinski definition) is 5. The third-order valence-corrected chi connectivity index (χ3v) is 5.72. The Balaban J connectivity index is 1.59. The van der Waals surface area contributed by atoms with Crippen LogP contribution in [0.5, 0.6) is 0 Å². The van der Waals surface area contributed by atoms with Crippen molar-refractivity contribution in [1.29, 1.82) is 0 Å². The molecule has 0 atom stereocenters. The largest absolute Gasteiger partial charge is 0.366 e. The van der Waals surface area contributed by atoms with Gasteiger partial charge >= 0.3 is 6.03 Å². The standard InChI is InChI=1S/C22H26N6O3/c23-20(29)19-13(4-3-9-28-7-1-2-8-28)12-25-18(19)11-16-15-10-14(26-22(24)31)5-6-17(15)27-21(16)30/h5-6,10-12,25H,1-4,7-9H2,(H2,23,29)(H,27,30)(H3,24,26,31). The number of aryl methyl sites for hydroxylation is 1. The molecule has 2 aliphatic rings. The Morgan fingerprint density at radius 3 is 2.68 bits per heavy atom. The molecule has 1 aromatic heterocycles. The number of H-pyrrole nitrogens is 1. The second-order valence-corrected chi connectivity index (χ2v) is 7.88. The van der Waals surface area contributed by atoms with Crippen molar-refractivity contribution >= 4 is 40.9 Å². The van der Waals surface area contributed by atoms with Crippen LogP contribution in [-0.2, 0) is 11.2 Å². The summed E-state index contributed by atoms with van der Waals surface area (Å²) in [4.78, 5) is 41.4. The molecule has 1 saturated heterocycles. The van der Waals surface area contributed by atoms with E-state index < -0.39 is 11.9 Å². The van der Waals surface area contributed by atoms with E-state index in [0.29, 0.717) is 33.8 Å². The molecule has 0 radical (unpaired) electrons. The van der Waals surface area contributed by atoms with E-state index in [1.165, 1.54) is 12.8 Å². The van der Waals surface area contributed by atoms with Gasteiger partial charge < -0.3 is 32.0 Å². The van der Waals surface area contributed by atoms with Crippen LogP contribution in [0.15, 0.2) is 24.4 Å². The van der Waals surface area contributed by atoms with Crippen LogP contribution in [0.1, 0.15) is 46.4 Å². The molecule has 9 nitrogen and oxygen atoms in total. The fraction of sp³-hybridized carbons (Fsp3) is 0.318. The molecule has 7 N–H and O–H groups in total. The molecule has 0 spiro atoms. The Labute approximate surface area is 179 Å². The molecule has 0 aliphatic carbocycles. The monoisotopic (exact) mass is 422 g/mol. The highest BCUT2D eigenvalue weighted by molar-refractivity contribution is 6.35. The molecule has 1 aromatic carbocycles. The number of anilines is 2. The van der Waals surface area contributed by atoms with Gasteiger partial charge in [-0.25, -0.2) is 4.79 Å². The second kappa shape index (κ2) is 8.65. The maximum absolute atomic E-state index is 12.5. The number of carbonyl (C=O) groups is 3. The molecule has 0 bridgehead atoms. The number of rotatable bonds is 7. The molecule has 162 valence electrons. The van der Waals surface area contributed by atoms with Gasteiger partial charge in [0.15, 0.2) is 0 Å². The fourth-order valence-corrected chi connectivity index (χ4v) is 4.28. The Bertz CT molecular complexity index is 1070. The summed E-state index contributed by atoms with van der Waals surface area (Å²) in [7, 11) is 0. The lowest BCUT2D eigenvalue weighted by molar-refractivity contribution is -0.110. The van der Waals surface area contributed by atoms with Gasteiger partial charge in [0.25, 0.3) is 11.8 Å². The number of amides is 4. The highest BCUT2D eigenvalue weighted by Crippen LogP contribution is 2.35. The number of hydrogen-bond acceptors (Lipinski definition) is 4. The third-order valence-electron chi connectivity index (χ3n) is 5.72. The van der Waals surface area contributed by atoms with E-state index in [9.17, 15) is 14.4 Å². The normalized spacial score (nSPS) is 17.0. The van der Waals surface area contributed by atoms with Crippen molar-refractivity contribution in [2.24, 2.45) is 11.5 Å². The van der Waals surface area contributed by atoms with Gasteiger partial charge in [0.05, 0.1) is 16.8 Å². The molecule has 31 heavy (non-hydrogen) atoms. The maximum Gasteiger partial charge on any atom is 0.316 e. The number of primary amides is 2. The zero-order valence-electron chi connectivity index (χ0n) is 17.2. The number of nitrogens with two attached hydrogens (primary N) is 2. The second-order valence-electron chi connectivity index (χ2n) is 7.88. The number of aromatic amines is 1. The zero-order valence-corrected chi connectivity index (χ0v) is 17.2. The minimum absolute atomic E-state index is 0.299. The summed E-state index contributed by atoms with van der Waals surface area (Å²) in [5, 5.41) is 5.28. The van der Waals surface area contributed by atoms with E-state index in [0.717, 1.165) is 38.0 Å². The Hall–Kier alpha value is -3.59. The zero-order chi connectivity index (χ0) is 22.0. The fourth-order valence-electron chi connectivity index (χ4n) is 4.28. The highest BCUT2D eigenvalue weighted by atomic mass is 16.2. The topological polar surface area (TPSA) is 146 Å². The van der Waals surface area contributed by atoms with Crippen LogP contribution in [0.4, 0.5) is 16.2 Å². The lowest BCUT2D eigenvalue weighted by Gasteiger charge is -2.13. The SMILES string of the molecule is NC(=O)Nc1ccc2c(c1)C(=Cc1[nH]cc(CCCN3CCCC3)c1C(N)=O)C(=O)N2. The minimum Gasteiger partial charge on any atom is -0.366 e. The van der Waals surface area contributed by atoms with Gasteiger partial charge in [0, 0.05) is 23.1 Å². The number of nitrogens with one attached hydrogen (secondary N) is 3. The average Bonchev–Trinajstić information content (AvgIpc) is 3.42. The molecule has 1 fully saturated rings. The molecule has 3 heterocycles. The van der Waals surface area contributed by atoms with Crippen molar-refractivity contribution in [2.45, 2.75) is 25.7 Å². The highest BCUT2D eigenvalue weighted by Gasteiger charge is 2.26. The predicted octanol–water partition coefficient (Wildman–Crippen LogP) is 2.13. The van der Waals surface area contributed by atoms with E-state index >= 15 is 0 Å².